The summed E-state index contributed by atoms with van der Waals surface area (Å²) in [6.07, 6.45) is 4.65. The van der Waals surface area contributed by atoms with Crippen LogP contribution in [-0.2, 0) is 0 Å². The van der Waals surface area contributed by atoms with E-state index in [-0.39, 0.29) is 11.6 Å². The minimum Gasteiger partial charge on any atom is -0.328 e. The van der Waals surface area contributed by atoms with Crippen molar-refractivity contribution in [2.75, 3.05) is 33.2 Å². The molecule has 0 unspecified atom stereocenters. The Balaban J connectivity index is 1.66. The van der Waals surface area contributed by atoms with Crippen LogP contribution >= 0.6 is 0 Å². The van der Waals surface area contributed by atoms with Gasteiger partial charge in [-0.25, -0.2) is 4.68 Å². The van der Waals surface area contributed by atoms with Crippen LogP contribution in [0.3, 0.4) is 0 Å². The first kappa shape index (κ1) is 20.3. The van der Waals surface area contributed by atoms with E-state index in [4.69, 9.17) is 0 Å². The summed E-state index contributed by atoms with van der Waals surface area (Å²) < 4.78 is 2.03. The van der Waals surface area contributed by atoms with E-state index in [0.717, 1.165) is 66.9 Å². The van der Waals surface area contributed by atoms with E-state index in [0.29, 0.717) is 6.04 Å². The monoisotopic (exact) mass is 423 g/mol. The van der Waals surface area contributed by atoms with Crippen molar-refractivity contribution in [3.8, 4) is 0 Å². The summed E-state index contributed by atoms with van der Waals surface area (Å²) in [6.45, 7) is 8.34. The van der Waals surface area contributed by atoms with Gasteiger partial charge in [0.1, 0.15) is 26.2 Å². The number of hydrogen-bond acceptors (Lipinski definition) is 4. The summed E-state index contributed by atoms with van der Waals surface area (Å²) in [7, 11) is 2.24. The first-order chi connectivity index (χ1) is 15.0. The Kier molecular flexibility index (Phi) is 5.35. The highest BCUT2D eigenvalue weighted by molar-refractivity contribution is 5.83. The topological polar surface area (TPSA) is 85.3 Å². The maximum atomic E-state index is 13.4. The lowest BCUT2D eigenvalue weighted by Crippen LogP contribution is -3.27. The molecule has 0 amide bonds. The van der Waals surface area contributed by atoms with E-state index < -0.39 is 0 Å². The van der Waals surface area contributed by atoms with Gasteiger partial charge in [-0.1, -0.05) is 18.9 Å². The third-order valence-electron chi connectivity index (χ3n) is 7.25. The van der Waals surface area contributed by atoms with Gasteiger partial charge >= 0.3 is 0 Å². The predicted octanol–water partition coefficient (Wildman–Crippen LogP) is -0.251. The van der Waals surface area contributed by atoms with Gasteiger partial charge in [0.2, 0.25) is 5.82 Å². The molecule has 3 heterocycles. The fraction of sp³-hybridized carbons (Fsp3) is 0.565. The van der Waals surface area contributed by atoms with Crippen molar-refractivity contribution in [3.05, 3.63) is 51.1 Å². The maximum absolute atomic E-state index is 13.4. The van der Waals surface area contributed by atoms with Gasteiger partial charge < -0.3 is 14.8 Å². The fourth-order valence-electron chi connectivity index (χ4n) is 5.53. The zero-order chi connectivity index (χ0) is 21.5. The molecule has 8 heteroatoms. The lowest BCUT2D eigenvalue weighted by Gasteiger charge is -2.33. The normalized spacial score (nSPS) is 23.5. The summed E-state index contributed by atoms with van der Waals surface area (Å²) in [4.78, 5) is 19.5. The Morgan fingerprint density at radius 2 is 1.84 bits per heavy atom. The van der Waals surface area contributed by atoms with Gasteiger partial charge in [-0.2, -0.15) is 0 Å². The Morgan fingerprint density at radius 1 is 1.10 bits per heavy atom. The number of pyridine rings is 1. The van der Waals surface area contributed by atoms with Crippen LogP contribution in [-0.4, -0.2) is 58.4 Å². The maximum Gasteiger partial charge on any atom is 0.258 e. The van der Waals surface area contributed by atoms with E-state index >= 15 is 0 Å². The van der Waals surface area contributed by atoms with Gasteiger partial charge in [-0.15, -0.1) is 5.10 Å². The number of nitrogens with one attached hydrogen (secondary N) is 3. The second-order valence-electron chi connectivity index (χ2n) is 9.57. The minimum absolute atomic E-state index is 0.0257. The second kappa shape index (κ2) is 8.16. The van der Waals surface area contributed by atoms with Crippen molar-refractivity contribution < 1.29 is 9.80 Å². The van der Waals surface area contributed by atoms with E-state index in [1.54, 1.807) is 0 Å². The van der Waals surface area contributed by atoms with Crippen LogP contribution < -0.4 is 15.4 Å². The molecule has 2 aliphatic rings. The van der Waals surface area contributed by atoms with Crippen LogP contribution in [0, 0.1) is 13.8 Å². The van der Waals surface area contributed by atoms with Gasteiger partial charge in [0.05, 0.1) is 18.7 Å². The molecule has 164 valence electrons. The van der Waals surface area contributed by atoms with Gasteiger partial charge in [0, 0.05) is 10.9 Å². The van der Waals surface area contributed by atoms with E-state index in [2.05, 4.69) is 59.6 Å². The van der Waals surface area contributed by atoms with E-state index in [1.807, 2.05) is 4.68 Å². The summed E-state index contributed by atoms with van der Waals surface area (Å²) in [5, 5.41) is 14.1. The third kappa shape index (κ3) is 3.78. The highest BCUT2D eigenvalue weighted by atomic mass is 16.1. The Hall–Kier alpha value is -2.58. The molecule has 31 heavy (non-hydrogen) atoms. The van der Waals surface area contributed by atoms with E-state index in [9.17, 15) is 4.79 Å². The van der Waals surface area contributed by atoms with Gasteiger partial charge in [0.25, 0.3) is 5.56 Å². The number of hydrogen-bond donors (Lipinski definition) is 3. The third-order valence-corrected chi connectivity index (χ3v) is 7.25. The summed E-state index contributed by atoms with van der Waals surface area (Å²) in [5.41, 5.74) is 3.99. The van der Waals surface area contributed by atoms with E-state index in [1.165, 1.54) is 28.2 Å². The molecule has 1 aliphatic heterocycles. The van der Waals surface area contributed by atoms with Crippen LogP contribution in [0.2, 0.25) is 0 Å². The number of piperazine rings is 1. The quantitative estimate of drug-likeness (QED) is 0.540. The molecule has 2 aromatic heterocycles. The number of benzene rings is 1. The molecule has 0 radical (unpaired) electrons. The molecule has 1 aliphatic carbocycles. The van der Waals surface area contributed by atoms with Crippen molar-refractivity contribution in [3.63, 3.8) is 0 Å². The van der Waals surface area contributed by atoms with Crippen LogP contribution in [0.1, 0.15) is 60.3 Å². The first-order valence-corrected chi connectivity index (χ1v) is 11.6. The number of aromatic nitrogens is 5. The molecular weight excluding hydrogens is 390 g/mol. The number of aryl methyl sites for hydroxylation is 2. The van der Waals surface area contributed by atoms with Gasteiger partial charge in [0.15, 0.2) is 6.04 Å². The molecule has 2 fully saturated rings. The van der Waals surface area contributed by atoms with Crippen molar-refractivity contribution >= 4 is 10.9 Å². The predicted molar refractivity (Wildman–Crippen MR) is 119 cm³/mol. The average Bonchev–Trinajstić information content (AvgIpc) is 3.42. The van der Waals surface area contributed by atoms with Crippen molar-refractivity contribution in [2.24, 2.45) is 0 Å². The standard InChI is InChI=1S/C23H31N7O/c1-15-12-16(2)18-14-19(23(31)24-20(18)13-15)21(29-10-8-28(3)9-11-29)22-25-26-27-30(22)17-6-4-5-7-17/h12-14,17,21H,4-11H2,1-3H3,(H,24,31)/p+2/t21-/m0/s1. The highest BCUT2D eigenvalue weighted by Crippen LogP contribution is 2.31. The van der Waals surface area contributed by atoms with Crippen LogP contribution in [0.25, 0.3) is 10.9 Å². The lowest BCUT2D eigenvalue weighted by atomic mass is 9.99. The number of rotatable bonds is 4. The molecule has 3 aromatic rings. The van der Waals surface area contributed by atoms with Crippen molar-refractivity contribution in [2.45, 2.75) is 51.6 Å². The molecule has 3 N–H and O–H groups in total. The fourth-order valence-corrected chi connectivity index (χ4v) is 5.53. The first-order valence-electron chi connectivity index (χ1n) is 11.6. The minimum atomic E-state index is -0.155. The summed E-state index contributed by atoms with van der Waals surface area (Å²) in [5.74, 6) is 0.844. The second-order valence-corrected chi connectivity index (χ2v) is 9.57. The average molecular weight is 424 g/mol. The van der Waals surface area contributed by atoms with Crippen LogP contribution in [0.4, 0.5) is 0 Å². The molecule has 1 atom stereocenters. The van der Waals surface area contributed by atoms with Gasteiger partial charge in [-0.05, 0) is 60.4 Å². The number of quaternary nitrogens is 2. The Morgan fingerprint density at radius 3 is 2.58 bits per heavy atom. The molecule has 8 nitrogen and oxygen atoms in total. The zero-order valence-corrected chi connectivity index (χ0v) is 18.7. The molecule has 0 spiro atoms. The number of nitrogens with zero attached hydrogens (tertiary/aromatic N) is 4. The number of aromatic amines is 1. The number of likely N-dealkylation sites (N-methyl/N-ethyl adjacent to an activating group) is 1. The van der Waals surface area contributed by atoms with Crippen molar-refractivity contribution in [1.82, 2.24) is 25.2 Å². The molecule has 5 rings (SSSR count). The molecule has 1 aromatic carbocycles. The number of tetrazole rings is 1. The molecule has 1 saturated heterocycles. The Bertz CT molecular complexity index is 1140. The summed E-state index contributed by atoms with van der Waals surface area (Å²) in [6, 6.07) is 6.51. The van der Waals surface area contributed by atoms with Crippen LogP contribution in [0.5, 0.6) is 0 Å². The molecule has 1 saturated carbocycles. The van der Waals surface area contributed by atoms with Gasteiger partial charge in [-0.3, -0.25) is 4.79 Å². The summed E-state index contributed by atoms with van der Waals surface area (Å²) >= 11 is 0. The molecule has 0 bridgehead atoms. The largest absolute Gasteiger partial charge is 0.328 e. The van der Waals surface area contributed by atoms with Crippen LogP contribution in [0.15, 0.2) is 23.0 Å². The lowest BCUT2D eigenvalue weighted by molar-refractivity contribution is -1.02. The number of H-pyrrole nitrogens is 1. The molecular formula is C23H33N7O+2. The SMILES string of the molecule is Cc1cc(C)c2cc([C@@H](c3nnnn3C3CCCC3)[NH+]3CC[NH+](C)CC3)c(=O)[nH]c2c1. The Labute approximate surface area is 182 Å². The number of fused-ring (bicyclic) bond motifs is 1. The highest BCUT2D eigenvalue weighted by Gasteiger charge is 2.38. The zero-order valence-electron chi connectivity index (χ0n) is 18.7. The van der Waals surface area contributed by atoms with Crippen molar-refractivity contribution in [1.29, 1.82) is 0 Å². The smallest absolute Gasteiger partial charge is 0.258 e.